The van der Waals surface area contributed by atoms with Crippen molar-refractivity contribution in [2.75, 3.05) is 54.7 Å². The van der Waals surface area contributed by atoms with Gasteiger partial charge in [-0.25, -0.2) is 0 Å². The number of rotatable bonds is 11. The molecule has 0 amide bonds. The molecular weight excluding hydrogens is 414 g/mol. The largest absolute Gasteiger partial charge is 0.507 e. The van der Waals surface area contributed by atoms with Gasteiger partial charge >= 0.3 is 0 Å². The first-order chi connectivity index (χ1) is 15.5. The van der Waals surface area contributed by atoms with Gasteiger partial charge in [0.05, 0.1) is 38.6 Å². The first kappa shape index (κ1) is 23.6. The Labute approximate surface area is 187 Å². The fourth-order valence-corrected chi connectivity index (χ4v) is 3.68. The molecule has 0 saturated heterocycles. The maximum Gasteiger partial charge on any atom is 0.231 e. The van der Waals surface area contributed by atoms with Crippen LogP contribution in [0.25, 0.3) is 6.08 Å². The number of carbonyl (C=O) groups is 1. The van der Waals surface area contributed by atoms with Crippen LogP contribution in [0.5, 0.6) is 23.0 Å². The van der Waals surface area contributed by atoms with E-state index in [2.05, 4.69) is 0 Å². The quantitative estimate of drug-likeness (QED) is 0.510. The zero-order chi connectivity index (χ0) is 23.1. The van der Waals surface area contributed by atoms with E-state index in [1.807, 2.05) is 12.1 Å². The summed E-state index contributed by atoms with van der Waals surface area (Å²) >= 11 is 0. The van der Waals surface area contributed by atoms with Crippen LogP contribution < -0.4 is 19.1 Å². The summed E-state index contributed by atoms with van der Waals surface area (Å²) in [6, 6.07) is 8.53. The topological polar surface area (TPSA) is 87.9 Å². The molecule has 1 heterocycles. The normalized spacial score (nSPS) is 14.0. The van der Waals surface area contributed by atoms with Crippen LogP contribution in [0.15, 0.2) is 36.1 Å². The highest BCUT2D eigenvalue weighted by Gasteiger charge is 2.33. The summed E-state index contributed by atoms with van der Waals surface area (Å²) in [6.45, 7) is 3.04. The Kier molecular flexibility index (Phi) is 8.10. The molecule has 1 aliphatic heterocycles. The number of allylic oxidation sites excluding steroid dienone is 1. The van der Waals surface area contributed by atoms with E-state index >= 15 is 0 Å². The Balaban J connectivity index is 1.94. The lowest BCUT2D eigenvalue weighted by Crippen LogP contribution is -3.11. The number of Topliss-reactive ketones (excluding diaryl/α,β-unsaturated/α-hetero) is 1. The number of fused-ring (bicyclic) bond motifs is 1. The highest BCUT2D eigenvalue weighted by Crippen LogP contribution is 2.40. The lowest BCUT2D eigenvalue weighted by atomic mass is 10.0. The lowest BCUT2D eigenvalue weighted by molar-refractivity contribution is -0.914. The van der Waals surface area contributed by atoms with E-state index < -0.39 is 0 Å². The molecule has 8 heteroatoms. The van der Waals surface area contributed by atoms with Gasteiger partial charge < -0.3 is 33.7 Å². The molecule has 8 nitrogen and oxygen atoms in total. The van der Waals surface area contributed by atoms with Crippen molar-refractivity contribution in [1.82, 2.24) is 0 Å². The van der Waals surface area contributed by atoms with Gasteiger partial charge in [-0.1, -0.05) is 12.1 Å². The van der Waals surface area contributed by atoms with Crippen molar-refractivity contribution in [3.63, 3.8) is 0 Å². The number of ketones is 1. The second-order valence-electron chi connectivity index (χ2n) is 7.37. The summed E-state index contributed by atoms with van der Waals surface area (Å²) in [6.07, 6.45) is 1.63. The maximum atomic E-state index is 13.1. The second-order valence-corrected chi connectivity index (χ2v) is 7.37. The molecule has 0 atom stereocenters. The number of ether oxygens (including phenoxy) is 5. The number of hydrogen-bond acceptors (Lipinski definition) is 7. The van der Waals surface area contributed by atoms with Gasteiger partial charge in [0, 0.05) is 19.8 Å². The molecule has 0 saturated carbocycles. The molecule has 0 fully saturated rings. The molecule has 3 rings (SSSR count). The van der Waals surface area contributed by atoms with Crippen LogP contribution >= 0.6 is 0 Å². The minimum absolute atomic E-state index is 0.0871. The third-order valence-electron chi connectivity index (χ3n) is 5.38. The van der Waals surface area contributed by atoms with E-state index in [4.69, 9.17) is 23.7 Å². The molecule has 2 aromatic rings. The fraction of sp³-hybridized carbons (Fsp3) is 0.375. The molecule has 0 aliphatic carbocycles. The summed E-state index contributed by atoms with van der Waals surface area (Å²) in [5, 5.41) is 10.6. The SMILES string of the molecule is COCC[NH+](CCOC)Cc1c(O)ccc2c1O/C(=C\c1cccc(OC)c1OC)C2=O. The van der Waals surface area contributed by atoms with Crippen LogP contribution in [-0.4, -0.2) is 65.6 Å². The number of methoxy groups -OCH3 is 4. The average molecular weight is 445 g/mol. The summed E-state index contributed by atoms with van der Waals surface area (Å²) in [5.74, 6) is 1.45. The molecular formula is C24H30NO7+. The number of benzene rings is 2. The summed E-state index contributed by atoms with van der Waals surface area (Å²) < 4.78 is 27.2. The van der Waals surface area contributed by atoms with Crippen LogP contribution in [0.4, 0.5) is 0 Å². The fourth-order valence-electron chi connectivity index (χ4n) is 3.68. The number of nitrogens with one attached hydrogen (secondary N) is 1. The predicted octanol–water partition coefficient (Wildman–Crippen LogP) is 1.70. The van der Waals surface area contributed by atoms with Crippen LogP contribution in [0.3, 0.4) is 0 Å². The van der Waals surface area contributed by atoms with E-state index in [0.717, 1.165) is 18.0 Å². The number of quaternary nitrogens is 1. The highest BCUT2D eigenvalue weighted by molar-refractivity contribution is 6.15. The molecule has 0 unspecified atom stereocenters. The zero-order valence-electron chi connectivity index (χ0n) is 18.9. The summed E-state index contributed by atoms with van der Waals surface area (Å²) in [7, 11) is 6.40. The number of hydrogen-bond donors (Lipinski definition) is 2. The molecule has 2 aromatic carbocycles. The van der Waals surface area contributed by atoms with Crippen molar-refractivity contribution in [1.29, 1.82) is 0 Å². The van der Waals surface area contributed by atoms with Gasteiger partial charge in [-0.15, -0.1) is 0 Å². The van der Waals surface area contributed by atoms with Gasteiger partial charge in [-0.05, 0) is 24.3 Å². The van der Waals surface area contributed by atoms with Crippen LogP contribution in [0.2, 0.25) is 0 Å². The van der Waals surface area contributed by atoms with Crippen LogP contribution in [0.1, 0.15) is 21.5 Å². The monoisotopic (exact) mass is 444 g/mol. The van der Waals surface area contributed by atoms with Gasteiger partial charge in [0.1, 0.15) is 25.4 Å². The third kappa shape index (κ3) is 5.04. The second kappa shape index (κ2) is 11.0. The van der Waals surface area contributed by atoms with Crippen molar-refractivity contribution in [2.45, 2.75) is 6.54 Å². The lowest BCUT2D eigenvalue weighted by Gasteiger charge is -2.20. The first-order valence-corrected chi connectivity index (χ1v) is 10.4. The minimum Gasteiger partial charge on any atom is -0.507 e. The zero-order valence-corrected chi connectivity index (χ0v) is 18.9. The Morgan fingerprint density at radius 3 is 2.34 bits per heavy atom. The smallest absolute Gasteiger partial charge is 0.231 e. The molecule has 0 radical (unpaired) electrons. The van der Waals surface area contributed by atoms with Gasteiger partial charge in [0.2, 0.25) is 5.78 Å². The van der Waals surface area contributed by atoms with Crippen molar-refractivity contribution >= 4 is 11.9 Å². The Morgan fingerprint density at radius 2 is 1.72 bits per heavy atom. The van der Waals surface area contributed by atoms with Crippen LogP contribution in [0, 0.1) is 0 Å². The molecule has 0 spiro atoms. The Morgan fingerprint density at radius 1 is 1.00 bits per heavy atom. The number of para-hydroxylation sites is 1. The van der Waals surface area contributed by atoms with Crippen LogP contribution in [-0.2, 0) is 16.0 Å². The Bertz CT molecular complexity index is 979. The molecule has 172 valence electrons. The van der Waals surface area contributed by atoms with Gasteiger partial charge in [0.25, 0.3) is 0 Å². The molecule has 32 heavy (non-hydrogen) atoms. The first-order valence-electron chi connectivity index (χ1n) is 10.4. The number of carbonyl (C=O) groups excluding carboxylic acids is 1. The minimum atomic E-state index is -0.249. The molecule has 2 N–H and O–H groups in total. The van der Waals surface area contributed by atoms with E-state index in [9.17, 15) is 9.90 Å². The van der Waals surface area contributed by atoms with E-state index in [0.29, 0.717) is 53.7 Å². The van der Waals surface area contributed by atoms with Crippen molar-refractivity contribution in [3.8, 4) is 23.0 Å². The van der Waals surface area contributed by atoms with E-state index in [1.54, 1.807) is 46.6 Å². The van der Waals surface area contributed by atoms with Gasteiger partial charge in [0.15, 0.2) is 23.0 Å². The molecule has 0 aromatic heterocycles. The van der Waals surface area contributed by atoms with Gasteiger partial charge in [-0.3, -0.25) is 4.79 Å². The van der Waals surface area contributed by atoms with E-state index in [1.165, 1.54) is 6.07 Å². The molecule has 0 bridgehead atoms. The predicted molar refractivity (Wildman–Crippen MR) is 119 cm³/mol. The number of aromatic hydroxyl groups is 1. The van der Waals surface area contributed by atoms with Crippen molar-refractivity contribution in [3.05, 3.63) is 52.8 Å². The van der Waals surface area contributed by atoms with Crippen molar-refractivity contribution in [2.24, 2.45) is 0 Å². The van der Waals surface area contributed by atoms with Gasteiger partial charge in [-0.2, -0.15) is 0 Å². The summed E-state index contributed by atoms with van der Waals surface area (Å²) in [5.41, 5.74) is 1.66. The average Bonchev–Trinajstić information content (AvgIpc) is 3.12. The maximum absolute atomic E-state index is 13.1. The third-order valence-corrected chi connectivity index (χ3v) is 5.38. The van der Waals surface area contributed by atoms with E-state index in [-0.39, 0.29) is 17.3 Å². The Hall–Kier alpha value is -3.07. The molecule has 1 aliphatic rings. The number of phenols is 1. The van der Waals surface area contributed by atoms with Crippen molar-refractivity contribution < 1.29 is 38.5 Å². The summed E-state index contributed by atoms with van der Waals surface area (Å²) in [4.78, 5) is 14.2. The highest BCUT2D eigenvalue weighted by atomic mass is 16.5. The standard InChI is InChI=1S/C24H29NO7/c1-28-12-10-25(11-13-29-2)15-18-19(26)9-8-17-22(27)21(32-24(17)18)14-16-6-5-7-20(30-3)23(16)31-4/h5-9,14,26H,10-13,15H2,1-4H3/p+1/b21-14-. The number of phenolic OH excluding ortho intramolecular Hbond substituents is 1.